The van der Waals surface area contributed by atoms with Crippen LogP contribution >= 0.6 is 11.3 Å². The maximum atomic E-state index is 12.4. The van der Waals surface area contributed by atoms with Gasteiger partial charge in [0.15, 0.2) is 0 Å². The SMILES string of the molecule is CC1OCCC1N(C)S(=O)(=O)c1cc(CO)cs1. The number of hydrogen-bond acceptors (Lipinski definition) is 5. The van der Waals surface area contributed by atoms with E-state index in [1.165, 1.54) is 10.4 Å². The highest BCUT2D eigenvalue weighted by molar-refractivity contribution is 7.91. The molecule has 1 aromatic heterocycles. The first-order valence-electron chi connectivity index (χ1n) is 5.74. The van der Waals surface area contributed by atoms with E-state index in [1.807, 2.05) is 6.92 Å². The molecule has 2 atom stereocenters. The lowest BCUT2D eigenvalue weighted by molar-refractivity contribution is 0.102. The van der Waals surface area contributed by atoms with Crippen molar-refractivity contribution in [2.24, 2.45) is 0 Å². The molecule has 2 unspecified atom stereocenters. The smallest absolute Gasteiger partial charge is 0.252 e. The maximum absolute atomic E-state index is 12.4. The fraction of sp³-hybridized carbons (Fsp3) is 0.636. The summed E-state index contributed by atoms with van der Waals surface area (Å²) in [4.78, 5) is 0. The van der Waals surface area contributed by atoms with E-state index in [1.54, 1.807) is 12.4 Å². The summed E-state index contributed by atoms with van der Waals surface area (Å²) in [5.41, 5.74) is 0.627. The second-order valence-corrected chi connectivity index (χ2v) is 7.52. The van der Waals surface area contributed by atoms with Gasteiger partial charge in [0.25, 0.3) is 10.0 Å². The first-order chi connectivity index (χ1) is 8.46. The number of thiophene rings is 1. The Labute approximate surface area is 111 Å². The number of hydrogen-bond donors (Lipinski definition) is 1. The molecule has 1 aliphatic rings. The van der Waals surface area contributed by atoms with Gasteiger partial charge in [0.1, 0.15) is 4.21 Å². The summed E-state index contributed by atoms with van der Waals surface area (Å²) in [6.45, 7) is 2.34. The number of ether oxygens (including phenoxy) is 1. The van der Waals surface area contributed by atoms with Crippen LogP contribution in [0.4, 0.5) is 0 Å². The van der Waals surface area contributed by atoms with Gasteiger partial charge in [-0.25, -0.2) is 8.42 Å². The second kappa shape index (κ2) is 5.26. The Morgan fingerprint density at radius 3 is 2.83 bits per heavy atom. The zero-order valence-corrected chi connectivity index (χ0v) is 12.0. The van der Waals surface area contributed by atoms with Crippen LogP contribution in [0, 0.1) is 0 Å². The third kappa shape index (κ3) is 2.46. The highest BCUT2D eigenvalue weighted by Crippen LogP contribution is 2.28. The molecule has 1 fully saturated rings. The predicted octanol–water partition coefficient (Wildman–Crippen LogP) is 1.04. The molecule has 1 aliphatic heterocycles. The molecule has 0 spiro atoms. The molecule has 0 amide bonds. The van der Waals surface area contributed by atoms with E-state index in [4.69, 9.17) is 9.84 Å². The molecule has 5 nitrogen and oxygen atoms in total. The highest BCUT2D eigenvalue weighted by Gasteiger charge is 2.35. The molecule has 2 rings (SSSR count). The van der Waals surface area contributed by atoms with Gasteiger partial charge in [-0.1, -0.05) is 0 Å². The molecule has 18 heavy (non-hydrogen) atoms. The first kappa shape index (κ1) is 14.0. The summed E-state index contributed by atoms with van der Waals surface area (Å²) >= 11 is 1.14. The zero-order valence-electron chi connectivity index (χ0n) is 10.4. The molecule has 0 aromatic carbocycles. The van der Waals surface area contributed by atoms with Crippen molar-refractivity contribution in [3.8, 4) is 0 Å². The van der Waals surface area contributed by atoms with Gasteiger partial charge in [0.05, 0.1) is 18.8 Å². The molecule has 0 radical (unpaired) electrons. The second-order valence-electron chi connectivity index (χ2n) is 4.39. The monoisotopic (exact) mass is 291 g/mol. The van der Waals surface area contributed by atoms with E-state index >= 15 is 0 Å². The fourth-order valence-corrected chi connectivity index (χ4v) is 4.92. The minimum atomic E-state index is -3.48. The van der Waals surface area contributed by atoms with Crippen molar-refractivity contribution in [2.75, 3.05) is 13.7 Å². The van der Waals surface area contributed by atoms with Gasteiger partial charge in [-0.05, 0) is 30.4 Å². The summed E-state index contributed by atoms with van der Waals surface area (Å²) < 4.78 is 31.8. The molecule has 1 N–H and O–H groups in total. The molecule has 1 saturated heterocycles. The average molecular weight is 291 g/mol. The average Bonchev–Trinajstić information content (AvgIpc) is 2.96. The lowest BCUT2D eigenvalue weighted by atomic mass is 10.2. The van der Waals surface area contributed by atoms with E-state index in [-0.39, 0.29) is 23.0 Å². The Morgan fingerprint density at radius 2 is 2.33 bits per heavy atom. The Kier molecular flexibility index (Phi) is 4.08. The number of aliphatic hydroxyl groups excluding tert-OH is 1. The standard InChI is InChI=1S/C11H17NO4S2/c1-8-10(3-4-16-8)12(2)18(14,15)11-5-9(6-13)7-17-11/h5,7-8,10,13H,3-4,6H2,1-2H3. The Morgan fingerprint density at radius 1 is 1.61 bits per heavy atom. The molecule has 0 bridgehead atoms. The first-order valence-corrected chi connectivity index (χ1v) is 8.06. The number of nitrogens with zero attached hydrogens (tertiary/aromatic N) is 1. The van der Waals surface area contributed by atoms with Crippen LogP contribution in [0.3, 0.4) is 0 Å². The number of rotatable bonds is 4. The van der Waals surface area contributed by atoms with Gasteiger partial charge in [0, 0.05) is 13.7 Å². The van der Waals surface area contributed by atoms with Crippen molar-refractivity contribution in [3.05, 3.63) is 17.0 Å². The molecule has 0 aliphatic carbocycles. The predicted molar refractivity (Wildman–Crippen MR) is 69.0 cm³/mol. The lowest BCUT2D eigenvalue weighted by Crippen LogP contribution is -2.40. The van der Waals surface area contributed by atoms with Crippen molar-refractivity contribution >= 4 is 21.4 Å². The highest BCUT2D eigenvalue weighted by atomic mass is 32.2. The van der Waals surface area contributed by atoms with Gasteiger partial charge in [-0.2, -0.15) is 4.31 Å². The summed E-state index contributed by atoms with van der Waals surface area (Å²) in [5, 5.41) is 10.6. The van der Waals surface area contributed by atoms with Crippen LogP contribution in [0.5, 0.6) is 0 Å². The van der Waals surface area contributed by atoms with E-state index in [0.717, 1.165) is 17.8 Å². The van der Waals surface area contributed by atoms with Crippen LogP contribution in [0.2, 0.25) is 0 Å². The van der Waals surface area contributed by atoms with Crippen LogP contribution in [0.15, 0.2) is 15.7 Å². The van der Waals surface area contributed by atoms with Crippen LogP contribution < -0.4 is 0 Å². The third-order valence-electron chi connectivity index (χ3n) is 3.25. The van der Waals surface area contributed by atoms with E-state index < -0.39 is 10.0 Å². The number of sulfonamides is 1. The van der Waals surface area contributed by atoms with Crippen molar-refractivity contribution in [3.63, 3.8) is 0 Å². The van der Waals surface area contributed by atoms with Gasteiger partial charge >= 0.3 is 0 Å². The topological polar surface area (TPSA) is 66.8 Å². The van der Waals surface area contributed by atoms with Crippen LogP contribution in [0.1, 0.15) is 18.9 Å². The van der Waals surface area contributed by atoms with Gasteiger partial charge < -0.3 is 9.84 Å². The van der Waals surface area contributed by atoms with Crippen LogP contribution in [-0.2, 0) is 21.4 Å². The summed E-state index contributed by atoms with van der Waals surface area (Å²) in [7, 11) is -1.90. The summed E-state index contributed by atoms with van der Waals surface area (Å²) in [5.74, 6) is 0. The lowest BCUT2D eigenvalue weighted by Gasteiger charge is -2.25. The van der Waals surface area contributed by atoms with Crippen molar-refractivity contribution in [2.45, 2.75) is 36.3 Å². The Hall–Kier alpha value is -0.470. The summed E-state index contributed by atoms with van der Waals surface area (Å²) in [6.07, 6.45) is 0.636. The van der Waals surface area contributed by atoms with E-state index in [9.17, 15) is 8.42 Å². The van der Waals surface area contributed by atoms with E-state index in [0.29, 0.717) is 12.2 Å². The van der Waals surface area contributed by atoms with Crippen molar-refractivity contribution in [1.29, 1.82) is 0 Å². The fourth-order valence-electron chi connectivity index (χ4n) is 2.09. The van der Waals surface area contributed by atoms with Crippen LogP contribution in [-0.4, -0.2) is 43.6 Å². The molecule has 0 saturated carbocycles. The molecule has 102 valence electrons. The Balaban J connectivity index is 2.24. The number of likely N-dealkylation sites (N-methyl/N-ethyl adjacent to an activating group) is 1. The molecule has 1 aromatic rings. The molecule has 2 heterocycles. The minimum Gasteiger partial charge on any atom is -0.392 e. The quantitative estimate of drug-likeness (QED) is 0.900. The van der Waals surface area contributed by atoms with E-state index in [2.05, 4.69) is 0 Å². The maximum Gasteiger partial charge on any atom is 0.252 e. The largest absolute Gasteiger partial charge is 0.392 e. The summed E-state index contributed by atoms with van der Waals surface area (Å²) in [6, 6.07) is 1.41. The molecule has 7 heteroatoms. The normalized spacial score (nSPS) is 24.9. The number of aliphatic hydroxyl groups is 1. The van der Waals surface area contributed by atoms with Crippen LogP contribution in [0.25, 0.3) is 0 Å². The Bertz CT molecular complexity index is 511. The van der Waals surface area contributed by atoms with Crippen molar-refractivity contribution < 1.29 is 18.3 Å². The van der Waals surface area contributed by atoms with Gasteiger partial charge in [0.2, 0.25) is 0 Å². The minimum absolute atomic E-state index is 0.0814. The zero-order chi connectivity index (χ0) is 13.3. The molecular weight excluding hydrogens is 274 g/mol. The molecular formula is C11H17NO4S2. The van der Waals surface area contributed by atoms with Gasteiger partial charge in [-0.3, -0.25) is 0 Å². The third-order valence-corrected chi connectivity index (χ3v) is 6.60. The van der Waals surface area contributed by atoms with Crippen molar-refractivity contribution in [1.82, 2.24) is 4.31 Å². The van der Waals surface area contributed by atoms with Gasteiger partial charge in [-0.15, -0.1) is 11.3 Å².